The van der Waals surface area contributed by atoms with Gasteiger partial charge in [-0.2, -0.15) is 0 Å². The minimum absolute atomic E-state index is 0.212. The normalized spacial score (nSPS) is 45.5. The standard InChI is InChI=1S/C30H50O/c1-19(2)10-9-11-21(5)23-15-17-29(7)25-13-12-24-22(20(3)4)14-16-28(24,6)27(25)26(31)18-30(23,29)8/h19,21,23-25,27H,9-18H2,1-8H3/t21-,23+,24+,25+,27+,28+,29+,30-/m1/s1. The van der Waals surface area contributed by atoms with Gasteiger partial charge in [-0.05, 0) is 98.2 Å². The van der Waals surface area contributed by atoms with Gasteiger partial charge in [0, 0.05) is 12.3 Å². The molecular formula is C30H50O. The van der Waals surface area contributed by atoms with Crippen molar-refractivity contribution in [2.75, 3.05) is 0 Å². The van der Waals surface area contributed by atoms with Crippen molar-refractivity contribution in [3.8, 4) is 0 Å². The number of carbonyl (C=O) groups excluding carboxylic acids is 1. The molecule has 0 heterocycles. The maximum absolute atomic E-state index is 14.0. The number of ketones is 1. The van der Waals surface area contributed by atoms with Crippen LogP contribution in [0.15, 0.2) is 11.1 Å². The molecule has 176 valence electrons. The van der Waals surface area contributed by atoms with E-state index in [2.05, 4.69) is 55.4 Å². The molecule has 0 unspecified atom stereocenters. The van der Waals surface area contributed by atoms with Crippen LogP contribution in [0.1, 0.15) is 120 Å². The Bertz CT molecular complexity index is 742. The fraction of sp³-hybridized carbons (Fsp3) is 0.900. The highest BCUT2D eigenvalue weighted by Crippen LogP contribution is 2.73. The summed E-state index contributed by atoms with van der Waals surface area (Å²) in [7, 11) is 0. The lowest BCUT2D eigenvalue weighted by Crippen LogP contribution is -2.59. The second-order valence-electron chi connectivity index (χ2n) is 13.7. The van der Waals surface area contributed by atoms with E-state index in [4.69, 9.17) is 0 Å². The first-order valence-corrected chi connectivity index (χ1v) is 13.6. The second-order valence-corrected chi connectivity index (χ2v) is 13.7. The summed E-state index contributed by atoms with van der Waals surface area (Å²) in [5.74, 6) is 4.54. The minimum atomic E-state index is 0.212. The Labute approximate surface area is 193 Å². The zero-order valence-corrected chi connectivity index (χ0v) is 21.9. The van der Waals surface area contributed by atoms with Crippen molar-refractivity contribution < 1.29 is 4.79 Å². The molecule has 4 aliphatic rings. The molecule has 0 aromatic carbocycles. The van der Waals surface area contributed by atoms with Crippen molar-refractivity contribution >= 4 is 5.78 Å². The molecule has 31 heavy (non-hydrogen) atoms. The molecule has 4 aliphatic carbocycles. The Morgan fingerprint density at radius 3 is 2.32 bits per heavy atom. The number of carbonyl (C=O) groups is 1. The molecule has 0 saturated heterocycles. The first-order valence-electron chi connectivity index (χ1n) is 13.6. The number of fused-ring (bicyclic) bond motifs is 5. The average molecular weight is 427 g/mol. The summed E-state index contributed by atoms with van der Waals surface area (Å²) in [6, 6.07) is 0. The summed E-state index contributed by atoms with van der Waals surface area (Å²) < 4.78 is 0. The van der Waals surface area contributed by atoms with Crippen molar-refractivity contribution in [3.63, 3.8) is 0 Å². The first kappa shape index (κ1) is 23.6. The van der Waals surface area contributed by atoms with Crippen LogP contribution in [0.2, 0.25) is 0 Å². The Kier molecular flexibility index (Phi) is 6.09. The van der Waals surface area contributed by atoms with E-state index in [0.717, 1.165) is 24.2 Å². The van der Waals surface area contributed by atoms with Gasteiger partial charge in [0.2, 0.25) is 0 Å². The highest BCUT2D eigenvalue weighted by molar-refractivity contribution is 5.85. The SMILES string of the molecule is CC(C)=C1CC[C@]2(C)[C@@H]3C(=O)C[C@]4(C)[C@H]([C@H](C)CCCC(C)C)CC[C@@]4(C)[C@H]3CC[C@@H]12. The first-order chi connectivity index (χ1) is 14.5. The van der Waals surface area contributed by atoms with Crippen LogP contribution in [0.3, 0.4) is 0 Å². The fourth-order valence-corrected chi connectivity index (χ4v) is 9.73. The Morgan fingerprint density at radius 2 is 1.68 bits per heavy atom. The summed E-state index contributed by atoms with van der Waals surface area (Å²) in [6.07, 6.45) is 12.7. The van der Waals surface area contributed by atoms with Gasteiger partial charge in [-0.15, -0.1) is 0 Å². The maximum Gasteiger partial charge on any atom is 0.137 e. The van der Waals surface area contributed by atoms with Crippen LogP contribution in [0, 0.1) is 51.8 Å². The molecule has 4 rings (SSSR count). The van der Waals surface area contributed by atoms with Crippen LogP contribution in [-0.2, 0) is 4.79 Å². The molecule has 4 fully saturated rings. The lowest BCUT2D eigenvalue weighted by molar-refractivity contribution is -0.167. The molecular weight excluding hydrogens is 376 g/mol. The highest BCUT2D eigenvalue weighted by atomic mass is 16.1. The molecule has 0 aromatic heterocycles. The van der Waals surface area contributed by atoms with E-state index in [-0.39, 0.29) is 10.8 Å². The lowest BCUT2D eigenvalue weighted by atomic mass is 9.41. The Morgan fingerprint density at radius 1 is 0.968 bits per heavy atom. The Balaban J connectivity index is 1.61. The highest BCUT2D eigenvalue weighted by Gasteiger charge is 2.68. The van der Waals surface area contributed by atoms with Gasteiger partial charge in [-0.3, -0.25) is 4.79 Å². The summed E-state index contributed by atoms with van der Waals surface area (Å²) in [5.41, 5.74) is 4.02. The molecule has 0 radical (unpaired) electrons. The third kappa shape index (κ3) is 3.42. The molecule has 0 bridgehead atoms. The average Bonchev–Trinajstić information content (AvgIpc) is 3.15. The summed E-state index contributed by atoms with van der Waals surface area (Å²) in [4.78, 5) is 14.0. The predicted molar refractivity (Wildman–Crippen MR) is 132 cm³/mol. The molecule has 0 aliphatic heterocycles. The Hall–Kier alpha value is -0.590. The van der Waals surface area contributed by atoms with E-state index in [9.17, 15) is 4.79 Å². The fourth-order valence-electron chi connectivity index (χ4n) is 9.73. The molecule has 0 N–H and O–H groups in total. The smallest absolute Gasteiger partial charge is 0.137 e. The molecule has 0 aromatic rings. The monoisotopic (exact) mass is 426 g/mol. The van der Waals surface area contributed by atoms with Crippen molar-refractivity contribution in [1.29, 1.82) is 0 Å². The molecule has 1 heteroatoms. The van der Waals surface area contributed by atoms with Crippen LogP contribution in [-0.4, -0.2) is 5.78 Å². The van der Waals surface area contributed by atoms with Crippen LogP contribution in [0.4, 0.5) is 0 Å². The molecule has 4 saturated carbocycles. The van der Waals surface area contributed by atoms with E-state index in [1.165, 1.54) is 63.4 Å². The summed E-state index contributed by atoms with van der Waals surface area (Å²) in [5, 5.41) is 0. The lowest BCUT2D eigenvalue weighted by Gasteiger charge is -2.62. The molecule has 1 nitrogen and oxygen atoms in total. The van der Waals surface area contributed by atoms with Crippen molar-refractivity contribution in [2.45, 2.75) is 120 Å². The van der Waals surface area contributed by atoms with E-state index < -0.39 is 0 Å². The summed E-state index contributed by atoms with van der Waals surface area (Å²) >= 11 is 0. The number of rotatable bonds is 5. The van der Waals surface area contributed by atoms with Crippen LogP contribution >= 0.6 is 0 Å². The van der Waals surface area contributed by atoms with Gasteiger partial charge in [-0.1, -0.05) is 72.0 Å². The van der Waals surface area contributed by atoms with Crippen LogP contribution < -0.4 is 0 Å². The number of Topliss-reactive ketones (excluding diaryl/α,β-unsaturated/α-hetero) is 1. The maximum atomic E-state index is 14.0. The zero-order chi connectivity index (χ0) is 22.8. The third-order valence-electron chi connectivity index (χ3n) is 11.6. The van der Waals surface area contributed by atoms with Gasteiger partial charge in [0.05, 0.1) is 0 Å². The van der Waals surface area contributed by atoms with Gasteiger partial charge in [-0.25, -0.2) is 0 Å². The minimum Gasteiger partial charge on any atom is -0.299 e. The van der Waals surface area contributed by atoms with Gasteiger partial charge in [0.1, 0.15) is 5.78 Å². The second kappa shape index (κ2) is 8.02. The molecule has 0 spiro atoms. The molecule has 8 atom stereocenters. The zero-order valence-electron chi connectivity index (χ0n) is 21.9. The van der Waals surface area contributed by atoms with Crippen molar-refractivity contribution in [2.24, 2.45) is 51.8 Å². The summed E-state index contributed by atoms with van der Waals surface area (Å²) in [6.45, 7) is 19.5. The number of hydrogen-bond acceptors (Lipinski definition) is 1. The quantitative estimate of drug-likeness (QED) is 0.402. The third-order valence-corrected chi connectivity index (χ3v) is 11.6. The van der Waals surface area contributed by atoms with E-state index in [1.807, 2.05) is 0 Å². The van der Waals surface area contributed by atoms with E-state index >= 15 is 0 Å². The largest absolute Gasteiger partial charge is 0.299 e. The van der Waals surface area contributed by atoms with Crippen LogP contribution in [0.25, 0.3) is 0 Å². The molecule has 0 amide bonds. The number of hydrogen-bond donors (Lipinski definition) is 0. The van der Waals surface area contributed by atoms with Gasteiger partial charge in [0.25, 0.3) is 0 Å². The van der Waals surface area contributed by atoms with E-state index in [1.54, 1.807) is 5.57 Å². The van der Waals surface area contributed by atoms with Gasteiger partial charge in [0.15, 0.2) is 0 Å². The van der Waals surface area contributed by atoms with Crippen LogP contribution in [0.5, 0.6) is 0 Å². The van der Waals surface area contributed by atoms with E-state index in [0.29, 0.717) is 29.0 Å². The van der Waals surface area contributed by atoms with Gasteiger partial charge < -0.3 is 0 Å². The van der Waals surface area contributed by atoms with Gasteiger partial charge >= 0.3 is 0 Å². The van der Waals surface area contributed by atoms with Crippen molar-refractivity contribution in [3.05, 3.63) is 11.1 Å². The van der Waals surface area contributed by atoms with Crippen molar-refractivity contribution in [1.82, 2.24) is 0 Å². The number of allylic oxidation sites excluding steroid dienone is 2. The topological polar surface area (TPSA) is 17.1 Å². The predicted octanol–water partition coefficient (Wildman–Crippen LogP) is 8.62.